The summed E-state index contributed by atoms with van der Waals surface area (Å²) in [6, 6.07) is 13.2. The lowest BCUT2D eigenvalue weighted by Gasteiger charge is -2.13. The van der Waals surface area contributed by atoms with Gasteiger partial charge in [-0.05, 0) is 72.6 Å². The average Bonchev–Trinajstić information content (AvgIpc) is 2.62. The normalized spacial score (nSPS) is 9.69. The van der Waals surface area contributed by atoms with Crippen molar-refractivity contribution in [2.24, 2.45) is 0 Å². The molecule has 1 heteroatoms. The van der Waals surface area contributed by atoms with Crippen LogP contribution in [0, 0.1) is 6.92 Å². The second kappa shape index (κ2) is 14.9. The third-order valence-corrected chi connectivity index (χ3v) is 4.38. The van der Waals surface area contributed by atoms with E-state index in [0.29, 0.717) is 0 Å². The summed E-state index contributed by atoms with van der Waals surface area (Å²) in [5.74, 6) is 0. The van der Waals surface area contributed by atoms with Gasteiger partial charge in [0.05, 0.1) is 0 Å². The lowest BCUT2D eigenvalue weighted by molar-refractivity contribution is 0.897. The van der Waals surface area contributed by atoms with Crippen LogP contribution in [0.5, 0.6) is 0 Å². The third kappa shape index (κ3) is 8.94. The van der Waals surface area contributed by atoms with Crippen molar-refractivity contribution in [3.63, 3.8) is 0 Å². The first-order chi connectivity index (χ1) is 12.5. The predicted molar refractivity (Wildman–Crippen MR) is 123 cm³/mol. The van der Waals surface area contributed by atoms with Crippen molar-refractivity contribution in [1.82, 2.24) is 0 Å². The van der Waals surface area contributed by atoms with E-state index in [9.17, 15) is 0 Å². The molecule has 146 valence electrons. The molecular formula is C25H40S. The smallest absolute Gasteiger partial charge is 0.00429 e. The van der Waals surface area contributed by atoms with E-state index in [1.54, 1.807) is 0 Å². The summed E-state index contributed by atoms with van der Waals surface area (Å²) >= 11 is 4.48. The van der Waals surface area contributed by atoms with Crippen LogP contribution < -0.4 is 0 Å². The molecule has 2 aromatic rings. The lowest BCUT2D eigenvalue weighted by Crippen LogP contribution is -2.01. The molecule has 0 saturated carbocycles. The van der Waals surface area contributed by atoms with Crippen LogP contribution in [-0.2, 0) is 25.7 Å². The molecule has 0 N–H and O–H groups in total. The Hall–Kier alpha value is -1.21. The van der Waals surface area contributed by atoms with Gasteiger partial charge in [0.15, 0.2) is 0 Å². The lowest BCUT2D eigenvalue weighted by atomic mass is 9.92. The Bertz CT molecular complexity index is 612. The second-order valence-corrected chi connectivity index (χ2v) is 7.30. The number of thiol groups is 1. The highest BCUT2D eigenvalue weighted by molar-refractivity contribution is 7.80. The van der Waals surface area contributed by atoms with E-state index >= 15 is 0 Å². The number of benzene rings is 2. The van der Waals surface area contributed by atoms with Crippen molar-refractivity contribution < 1.29 is 0 Å². The Balaban J connectivity index is 0.000000918. The van der Waals surface area contributed by atoms with Gasteiger partial charge in [-0.15, -0.1) is 12.6 Å². The SMILES string of the molecule is CCC.CCC.CCc1ccc(S)cc1CCc1c(C)cccc1CC. The van der Waals surface area contributed by atoms with Crippen molar-refractivity contribution in [2.75, 3.05) is 0 Å². The van der Waals surface area contributed by atoms with Crippen LogP contribution in [0.3, 0.4) is 0 Å². The summed E-state index contributed by atoms with van der Waals surface area (Å²) in [6.45, 7) is 15.2. The highest BCUT2D eigenvalue weighted by atomic mass is 32.1. The fourth-order valence-electron chi connectivity index (χ4n) is 2.90. The van der Waals surface area contributed by atoms with Crippen molar-refractivity contribution in [3.05, 3.63) is 64.2 Å². The summed E-state index contributed by atoms with van der Waals surface area (Å²) in [6.07, 6.45) is 6.94. The number of hydrogen-bond donors (Lipinski definition) is 1. The highest BCUT2D eigenvalue weighted by Crippen LogP contribution is 2.21. The van der Waals surface area contributed by atoms with Crippen LogP contribution >= 0.6 is 12.6 Å². The quantitative estimate of drug-likeness (QED) is 0.504. The van der Waals surface area contributed by atoms with Crippen molar-refractivity contribution >= 4 is 12.6 Å². The van der Waals surface area contributed by atoms with Gasteiger partial charge in [-0.2, -0.15) is 0 Å². The van der Waals surface area contributed by atoms with Crippen molar-refractivity contribution in [2.45, 2.75) is 91.9 Å². The molecular weight excluding hydrogens is 332 g/mol. The number of aryl methyl sites for hydroxylation is 4. The molecule has 0 bridgehead atoms. The minimum Gasteiger partial charge on any atom is -0.143 e. The maximum atomic E-state index is 4.48. The van der Waals surface area contributed by atoms with Gasteiger partial charge in [0.1, 0.15) is 0 Å². The maximum Gasteiger partial charge on any atom is 0.00429 e. The highest BCUT2D eigenvalue weighted by Gasteiger charge is 2.07. The topological polar surface area (TPSA) is 0 Å². The molecule has 2 rings (SSSR count). The molecule has 26 heavy (non-hydrogen) atoms. The predicted octanol–water partition coefficient (Wildman–Crippen LogP) is 8.03. The van der Waals surface area contributed by atoms with Crippen LogP contribution in [0.15, 0.2) is 41.3 Å². The molecule has 0 aliphatic carbocycles. The first-order valence-corrected chi connectivity index (χ1v) is 10.8. The van der Waals surface area contributed by atoms with E-state index in [1.165, 1.54) is 40.7 Å². The summed E-state index contributed by atoms with van der Waals surface area (Å²) in [4.78, 5) is 1.07. The second-order valence-electron chi connectivity index (χ2n) is 6.79. The number of hydrogen-bond acceptors (Lipinski definition) is 1. The molecule has 0 aromatic heterocycles. The zero-order valence-electron chi connectivity index (χ0n) is 18.2. The van der Waals surface area contributed by atoms with E-state index in [4.69, 9.17) is 0 Å². The molecule has 0 atom stereocenters. The van der Waals surface area contributed by atoms with E-state index in [0.717, 1.165) is 30.6 Å². The van der Waals surface area contributed by atoms with Gasteiger partial charge in [-0.25, -0.2) is 0 Å². The Morgan fingerprint density at radius 3 is 1.81 bits per heavy atom. The van der Waals surface area contributed by atoms with Gasteiger partial charge in [-0.3, -0.25) is 0 Å². The van der Waals surface area contributed by atoms with Gasteiger partial charge in [-0.1, -0.05) is 78.6 Å². The zero-order valence-corrected chi connectivity index (χ0v) is 19.0. The Labute approximate surface area is 168 Å². The molecule has 0 aliphatic heterocycles. The van der Waals surface area contributed by atoms with Crippen LogP contribution in [0.25, 0.3) is 0 Å². The van der Waals surface area contributed by atoms with Crippen molar-refractivity contribution in [3.8, 4) is 0 Å². The summed E-state index contributed by atoms with van der Waals surface area (Å²) in [5, 5.41) is 0. The molecule has 0 radical (unpaired) electrons. The van der Waals surface area contributed by atoms with Gasteiger partial charge in [0.25, 0.3) is 0 Å². The van der Waals surface area contributed by atoms with Crippen LogP contribution in [0.2, 0.25) is 0 Å². The van der Waals surface area contributed by atoms with Crippen LogP contribution in [-0.4, -0.2) is 0 Å². The molecule has 2 aromatic carbocycles. The largest absolute Gasteiger partial charge is 0.143 e. The first kappa shape index (κ1) is 24.8. The minimum absolute atomic E-state index is 1.07. The molecule has 0 nitrogen and oxygen atoms in total. The summed E-state index contributed by atoms with van der Waals surface area (Å²) < 4.78 is 0. The molecule has 0 spiro atoms. The van der Waals surface area contributed by atoms with Gasteiger partial charge in [0, 0.05) is 4.90 Å². The molecule has 0 fully saturated rings. The van der Waals surface area contributed by atoms with Crippen LogP contribution in [0.4, 0.5) is 0 Å². The summed E-state index contributed by atoms with van der Waals surface area (Å²) in [5.41, 5.74) is 7.34. The molecule has 0 amide bonds. The van der Waals surface area contributed by atoms with E-state index < -0.39 is 0 Å². The molecule has 0 heterocycles. The zero-order chi connectivity index (χ0) is 19.9. The molecule has 0 aliphatic rings. The van der Waals surface area contributed by atoms with E-state index in [1.807, 2.05) is 0 Å². The van der Waals surface area contributed by atoms with E-state index in [2.05, 4.69) is 97.5 Å². The van der Waals surface area contributed by atoms with Crippen LogP contribution in [0.1, 0.15) is 82.2 Å². The fourth-order valence-corrected chi connectivity index (χ4v) is 3.13. The van der Waals surface area contributed by atoms with Gasteiger partial charge >= 0.3 is 0 Å². The maximum absolute atomic E-state index is 4.48. The Morgan fingerprint density at radius 1 is 0.692 bits per heavy atom. The monoisotopic (exact) mass is 372 g/mol. The minimum atomic E-state index is 1.07. The van der Waals surface area contributed by atoms with Crippen molar-refractivity contribution in [1.29, 1.82) is 0 Å². The van der Waals surface area contributed by atoms with Gasteiger partial charge in [0.2, 0.25) is 0 Å². The van der Waals surface area contributed by atoms with Gasteiger partial charge < -0.3 is 0 Å². The fraction of sp³-hybridized carbons (Fsp3) is 0.520. The first-order valence-electron chi connectivity index (χ1n) is 10.4. The standard InChI is InChI=1S/C19H24S.2C3H8/c1-4-15-9-11-18(20)13-17(15)10-12-19-14(3)7-6-8-16(19)5-2;2*1-3-2/h6-9,11,13,20H,4-5,10,12H2,1-3H3;2*3H2,1-2H3. The third-order valence-electron chi connectivity index (χ3n) is 4.10. The Kier molecular flexibility index (Phi) is 14.2. The molecule has 0 saturated heterocycles. The Morgan fingerprint density at radius 2 is 1.27 bits per heavy atom. The molecule has 0 unspecified atom stereocenters. The average molecular weight is 373 g/mol. The van der Waals surface area contributed by atoms with E-state index in [-0.39, 0.29) is 0 Å². The number of rotatable bonds is 5. The summed E-state index contributed by atoms with van der Waals surface area (Å²) in [7, 11) is 0.